The molecule has 0 spiro atoms. The summed E-state index contributed by atoms with van der Waals surface area (Å²) < 4.78 is 40.3. The van der Waals surface area contributed by atoms with E-state index >= 15 is 0 Å². The monoisotopic (exact) mass is 524 g/mol. The van der Waals surface area contributed by atoms with Gasteiger partial charge in [-0.15, -0.1) is 6.42 Å². The first-order valence-electron chi connectivity index (χ1n) is 12.2. The molecule has 0 saturated carbocycles. The Hall–Kier alpha value is -3.88. The van der Waals surface area contributed by atoms with E-state index < -0.39 is 18.8 Å². The number of hydrogen-bond acceptors (Lipinski definition) is 7. The van der Waals surface area contributed by atoms with Crippen molar-refractivity contribution in [1.29, 1.82) is 0 Å². The summed E-state index contributed by atoms with van der Waals surface area (Å²) in [6, 6.07) is 3.98. The Kier molecular flexibility index (Phi) is 8.34. The largest absolute Gasteiger partial charge is 0.352 e. The average molecular weight is 525 g/mol. The highest BCUT2D eigenvalue weighted by molar-refractivity contribution is 5.92. The molecule has 0 bridgehead atoms. The highest BCUT2D eigenvalue weighted by atomic mass is 19.3. The van der Waals surface area contributed by atoms with Crippen LogP contribution in [-0.2, 0) is 20.7 Å². The predicted molar refractivity (Wildman–Crippen MR) is 138 cm³/mol. The van der Waals surface area contributed by atoms with E-state index in [9.17, 15) is 13.6 Å². The number of terminal acetylenes is 1. The lowest BCUT2D eigenvalue weighted by atomic mass is 9.97. The Bertz CT molecular complexity index is 1350. The third-order valence-corrected chi connectivity index (χ3v) is 6.15. The van der Waals surface area contributed by atoms with Crippen LogP contribution in [0.2, 0.25) is 0 Å². The summed E-state index contributed by atoms with van der Waals surface area (Å²) >= 11 is 0. The lowest BCUT2D eigenvalue weighted by molar-refractivity contribution is -0.115. The lowest BCUT2D eigenvalue weighted by Crippen LogP contribution is -2.21. The number of rotatable bonds is 9. The molecule has 1 amide bonds. The number of aryl methyl sites for hydroxylation is 1. The molecular weight excluding hydrogens is 494 g/mol. The summed E-state index contributed by atoms with van der Waals surface area (Å²) in [6.45, 7) is 7.97. The zero-order valence-corrected chi connectivity index (χ0v) is 21.7. The molecule has 200 valence electrons. The molecule has 0 unspecified atom stereocenters. The van der Waals surface area contributed by atoms with Gasteiger partial charge in [0, 0.05) is 17.8 Å². The SMILES string of the molecule is C#C[C@@H](Nc1nc(C)nc(CC(=O)Nc2cnn(C(C)C)c2)c1C1OCCO1)c1cccc(C(F)F)c1C. The van der Waals surface area contributed by atoms with Gasteiger partial charge in [-0.05, 0) is 38.8 Å². The highest BCUT2D eigenvalue weighted by Gasteiger charge is 2.30. The second kappa shape index (κ2) is 11.7. The second-order valence-electron chi connectivity index (χ2n) is 9.19. The normalized spacial score (nSPS) is 14.6. The van der Waals surface area contributed by atoms with Gasteiger partial charge in [0.15, 0.2) is 6.29 Å². The molecule has 1 aromatic carbocycles. The van der Waals surface area contributed by atoms with Crippen molar-refractivity contribution in [2.45, 2.75) is 58.9 Å². The number of alkyl halides is 2. The summed E-state index contributed by atoms with van der Waals surface area (Å²) in [6.07, 6.45) is 5.61. The number of ether oxygens (including phenoxy) is 2. The van der Waals surface area contributed by atoms with Crippen molar-refractivity contribution in [3.8, 4) is 12.3 Å². The topological polar surface area (TPSA) is 103 Å². The van der Waals surface area contributed by atoms with Crippen LogP contribution in [0.5, 0.6) is 0 Å². The van der Waals surface area contributed by atoms with Crippen LogP contribution in [0.3, 0.4) is 0 Å². The van der Waals surface area contributed by atoms with Crippen molar-refractivity contribution in [3.05, 3.63) is 64.4 Å². The maximum Gasteiger partial charge on any atom is 0.264 e. The fraction of sp³-hybridized carbons (Fsp3) is 0.407. The molecule has 1 atom stereocenters. The molecule has 3 heterocycles. The van der Waals surface area contributed by atoms with Crippen molar-refractivity contribution in [2.75, 3.05) is 23.8 Å². The quantitative estimate of drug-likeness (QED) is 0.387. The van der Waals surface area contributed by atoms with E-state index in [0.29, 0.717) is 52.9 Å². The fourth-order valence-electron chi connectivity index (χ4n) is 4.27. The van der Waals surface area contributed by atoms with Gasteiger partial charge in [-0.25, -0.2) is 18.7 Å². The van der Waals surface area contributed by atoms with Crippen LogP contribution in [0.25, 0.3) is 0 Å². The molecule has 38 heavy (non-hydrogen) atoms. The first kappa shape index (κ1) is 27.2. The molecule has 1 saturated heterocycles. The molecule has 0 radical (unpaired) electrons. The van der Waals surface area contributed by atoms with Crippen molar-refractivity contribution < 1.29 is 23.0 Å². The molecule has 9 nitrogen and oxygen atoms in total. The summed E-state index contributed by atoms with van der Waals surface area (Å²) in [5.74, 6) is 3.01. The molecule has 2 N–H and O–H groups in total. The van der Waals surface area contributed by atoms with Crippen LogP contribution in [-0.4, -0.2) is 38.9 Å². The number of aromatic nitrogens is 4. The maximum absolute atomic E-state index is 13.5. The minimum Gasteiger partial charge on any atom is -0.352 e. The zero-order valence-electron chi connectivity index (χ0n) is 21.7. The molecule has 2 aromatic heterocycles. The van der Waals surface area contributed by atoms with E-state index in [1.807, 2.05) is 13.8 Å². The van der Waals surface area contributed by atoms with Gasteiger partial charge in [-0.3, -0.25) is 9.48 Å². The average Bonchev–Trinajstić information content (AvgIpc) is 3.55. The Morgan fingerprint density at radius 2 is 1.92 bits per heavy atom. The van der Waals surface area contributed by atoms with Gasteiger partial charge in [0.2, 0.25) is 5.91 Å². The molecule has 4 rings (SSSR count). The summed E-state index contributed by atoms with van der Waals surface area (Å²) in [5, 5.41) is 10.3. The Balaban J connectivity index is 1.67. The minimum absolute atomic E-state index is 0.0932. The number of carbonyl (C=O) groups is 1. The molecule has 1 aliphatic rings. The van der Waals surface area contributed by atoms with E-state index in [1.54, 1.807) is 43.1 Å². The van der Waals surface area contributed by atoms with Gasteiger partial charge in [0.1, 0.15) is 17.7 Å². The van der Waals surface area contributed by atoms with Gasteiger partial charge in [0.25, 0.3) is 6.43 Å². The molecule has 0 aliphatic carbocycles. The number of halogens is 2. The third-order valence-electron chi connectivity index (χ3n) is 6.15. The predicted octanol–water partition coefficient (Wildman–Crippen LogP) is 4.82. The van der Waals surface area contributed by atoms with E-state index in [4.69, 9.17) is 15.9 Å². The van der Waals surface area contributed by atoms with Crippen LogP contribution in [0, 0.1) is 26.2 Å². The van der Waals surface area contributed by atoms with Crippen molar-refractivity contribution in [2.24, 2.45) is 0 Å². The Labute approximate surface area is 220 Å². The number of hydrogen-bond donors (Lipinski definition) is 2. The maximum atomic E-state index is 13.5. The van der Waals surface area contributed by atoms with E-state index in [0.717, 1.165) is 0 Å². The molecular formula is C27H30F2N6O3. The molecule has 11 heteroatoms. The molecule has 1 fully saturated rings. The van der Waals surface area contributed by atoms with Gasteiger partial charge < -0.3 is 20.1 Å². The second-order valence-corrected chi connectivity index (χ2v) is 9.19. The van der Waals surface area contributed by atoms with Gasteiger partial charge >= 0.3 is 0 Å². The van der Waals surface area contributed by atoms with Gasteiger partial charge in [-0.1, -0.05) is 24.1 Å². The number of amides is 1. The van der Waals surface area contributed by atoms with Crippen LogP contribution in [0.1, 0.15) is 72.4 Å². The van der Waals surface area contributed by atoms with Crippen LogP contribution in [0.4, 0.5) is 20.3 Å². The first-order valence-corrected chi connectivity index (χ1v) is 12.2. The molecule has 3 aromatic rings. The first-order chi connectivity index (χ1) is 18.2. The van der Waals surface area contributed by atoms with Crippen LogP contribution >= 0.6 is 0 Å². The van der Waals surface area contributed by atoms with Crippen molar-refractivity contribution >= 4 is 17.4 Å². The smallest absolute Gasteiger partial charge is 0.264 e. The lowest BCUT2D eigenvalue weighted by Gasteiger charge is -2.23. The van der Waals surface area contributed by atoms with Crippen LogP contribution < -0.4 is 10.6 Å². The van der Waals surface area contributed by atoms with E-state index in [2.05, 4.69) is 31.6 Å². The molecule has 1 aliphatic heterocycles. The number of nitrogens with one attached hydrogen (secondary N) is 2. The van der Waals surface area contributed by atoms with Gasteiger partial charge in [0.05, 0.1) is 42.8 Å². The van der Waals surface area contributed by atoms with Gasteiger partial charge in [-0.2, -0.15) is 5.10 Å². The fourth-order valence-corrected chi connectivity index (χ4v) is 4.27. The zero-order chi connectivity index (χ0) is 27.4. The number of benzene rings is 1. The third kappa shape index (κ3) is 5.98. The Morgan fingerprint density at radius 1 is 1.21 bits per heavy atom. The summed E-state index contributed by atoms with van der Waals surface area (Å²) in [5.41, 5.74) is 2.20. The van der Waals surface area contributed by atoms with Crippen LogP contribution in [0.15, 0.2) is 30.6 Å². The highest BCUT2D eigenvalue weighted by Crippen LogP contribution is 2.35. The minimum atomic E-state index is -2.64. The van der Waals surface area contributed by atoms with E-state index in [1.165, 1.54) is 6.07 Å². The summed E-state index contributed by atoms with van der Waals surface area (Å²) in [4.78, 5) is 22.0. The van der Waals surface area contributed by atoms with Crippen molar-refractivity contribution in [1.82, 2.24) is 19.7 Å². The number of anilines is 2. The summed E-state index contributed by atoms with van der Waals surface area (Å²) in [7, 11) is 0. The standard InChI is InChI=1S/C27H30F2N6O3/c1-6-21(19-8-7-9-20(16(19)4)25(28)29)34-26-24(27-37-10-11-38-27)22(31-17(5)32-26)12-23(36)33-18-13-30-35(14-18)15(2)3/h1,7-9,13-15,21,25,27H,10-12H2,2-5H3,(H,33,36)(H,31,32,34)/t21-/m1/s1. The Morgan fingerprint density at radius 3 is 2.55 bits per heavy atom. The number of carbonyl (C=O) groups excluding carboxylic acids is 1. The van der Waals surface area contributed by atoms with E-state index in [-0.39, 0.29) is 23.9 Å². The number of nitrogens with zero attached hydrogens (tertiary/aromatic N) is 4. The van der Waals surface area contributed by atoms with Crippen molar-refractivity contribution in [3.63, 3.8) is 0 Å².